The number of hydrogen-bond acceptors (Lipinski definition) is 2. The number of hydrogen-bond donors (Lipinski definition) is 1. The second-order valence-electron chi connectivity index (χ2n) is 7.37. The molecular weight excluding hydrogens is 344 g/mol. The highest BCUT2D eigenvalue weighted by Gasteiger charge is 2.26. The van der Waals surface area contributed by atoms with E-state index in [-0.39, 0.29) is 5.41 Å². The summed E-state index contributed by atoms with van der Waals surface area (Å²) in [6, 6.07) is 0. The van der Waals surface area contributed by atoms with E-state index in [2.05, 4.69) is 53.6 Å². The number of aromatic amines is 1. The largest absolute Gasteiger partial charge is 0.345 e. The number of H-pyrrole nitrogens is 1. The average Bonchev–Trinajstić information content (AvgIpc) is 2.41. The lowest BCUT2D eigenvalue weighted by atomic mass is 9.79. The molecule has 0 unspecified atom stereocenters. The van der Waals surface area contributed by atoms with Crippen molar-refractivity contribution in [1.82, 2.24) is 9.97 Å². The van der Waals surface area contributed by atoms with Crippen molar-refractivity contribution in [3.63, 3.8) is 0 Å². The van der Waals surface area contributed by atoms with Crippen molar-refractivity contribution in [3.05, 3.63) is 20.6 Å². The molecule has 21 heavy (non-hydrogen) atoms. The van der Waals surface area contributed by atoms with Crippen LogP contribution in [0.4, 0.5) is 0 Å². The van der Waals surface area contributed by atoms with Crippen molar-refractivity contribution in [2.75, 3.05) is 0 Å². The maximum Gasteiger partial charge on any atom is 0.144 e. The maximum absolute atomic E-state index is 5.45. The topological polar surface area (TPSA) is 28.7 Å². The van der Waals surface area contributed by atoms with E-state index >= 15 is 0 Å². The second kappa shape index (κ2) is 6.91. The highest BCUT2D eigenvalue weighted by atomic mass is 79.9. The first-order chi connectivity index (χ1) is 9.82. The predicted molar refractivity (Wildman–Crippen MR) is 95.4 cm³/mol. The summed E-state index contributed by atoms with van der Waals surface area (Å²) in [5.41, 5.74) is 1.22. The molecule has 4 heteroatoms. The molecule has 1 saturated carbocycles. The Kier molecular flexibility index (Phi) is 5.64. The first-order valence-corrected chi connectivity index (χ1v) is 9.33. The van der Waals surface area contributed by atoms with Gasteiger partial charge in [0.1, 0.15) is 10.5 Å². The van der Waals surface area contributed by atoms with Crippen LogP contribution >= 0.6 is 28.1 Å². The first-order valence-electron chi connectivity index (χ1n) is 8.13. The molecule has 1 aliphatic carbocycles. The van der Waals surface area contributed by atoms with Gasteiger partial charge in [-0.3, -0.25) is 0 Å². The molecule has 118 valence electrons. The second-order valence-corrected chi connectivity index (χ2v) is 8.55. The third-order valence-corrected chi connectivity index (χ3v) is 5.89. The minimum atomic E-state index is 0.0451. The van der Waals surface area contributed by atoms with E-state index in [4.69, 9.17) is 12.2 Å². The molecule has 1 aromatic heterocycles. The van der Waals surface area contributed by atoms with Crippen LogP contribution < -0.4 is 0 Å². The van der Waals surface area contributed by atoms with Crippen molar-refractivity contribution in [2.24, 2.45) is 5.92 Å². The van der Waals surface area contributed by atoms with Gasteiger partial charge in [-0.15, -0.1) is 0 Å². The first kappa shape index (κ1) is 17.1. The smallest absolute Gasteiger partial charge is 0.144 e. The molecule has 2 rings (SSSR count). The van der Waals surface area contributed by atoms with Gasteiger partial charge in [-0.1, -0.05) is 52.8 Å². The van der Waals surface area contributed by atoms with Gasteiger partial charge in [0.15, 0.2) is 0 Å². The van der Waals surface area contributed by atoms with Gasteiger partial charge in [0.2, 0.25) is 0 Å². The normalized spacial score (nSPS) is 23.3. The lowest BCUT2D eigenvalue weighted by Gasteiger charge is -2.29. The van der Waals surface area contributed by atoms with E-state index in [0.29, 0.717) is 10.6 Å². The van der Waals surface area contributed by atoms with Crippen LogP contribution in [-0.2, 0) is 5.41 Å². The lowest BCUT2D eigenvalue weighted by Crippen LogP contribution is -2.20. The van der Waals surface area contributed by atoms with Gasteiger partial charge in [0, 0.05) is 17.0 Å². The summed E-state index contributed by atoms with van der Waals surface area (Å²) in [4.78, 5) is 8.24. The fraction of sp³-hybridized carbons (Fsp3) is 0.765. The molecule has 0 atom stereocenters. The highest BCUT2D eigenvalue weighted by Crippen LogP contribution is 2.37. The Bertz CT molecular complexity index is 537. The Morgan fingerprint density at radius 3 is 2.38 bits per heavy atom. The Labute approximate surface area is 142 Å². The molecule has 0 amide bonds. The molecule has 0 aliphatic heterocycles. The maximum atomic E-state index is 5.45. The summed E-state index contributed by atoms with van der Waals surface area (Å²) in [6.45, 7) is 8.91. The highest BCUT2D eigenvalue weighted by molar-refractivity contribution is 9.10. The minimum Gasteiger partial charge on any atom is -0.345 e. The summed E-state index contributed by atoms with van der Waals surface area (Å²) < 4.78 is 1.65. The number of halogens is 1. The SMILES string of the molecule is CCCC1CCC(c2nc(=S)c(Br)c(C(C)(C)C)[nH]2)CC1. The van der Waals surface area contributed by atoms with E-state index in [0.717, 1.165) is 16.2 Å². The number of nitrogens with zero attached hydrogens (tertiary/aromatic N) is 1. The summed E-state index contributed by atoms with van der Waals surface area (Å²) in [5.74, 6) is 2.57. The van der Waals surface area contributed by atoms with Crippen LogP contribution in [0.1, 0.15) is 83.7 Å². The molecule has 1 N–H and O–H groups in total. The number of aromatic nitrogens is 2. The van der Waals surface area contributed by atoms with Gasteiger partial charge in [-0.25, -0.2) is 4.98 Å². The molecular formula is C17H27BrN2S. The Hall–Kier alpha value is -0.220. The standard InChI is InChI=1S/C17H27BrN2S/c1-5-6-11-7-9-12(10-8-11)15-19-14(17(2,3)4)13(18)16(21)20-15/h11-12H,5-10H2,1-4H3,(H,19,20,21). The third-order valence-electron chi connectivity index (χ3n) is 4.56. The van der Waals surface area contributed by atoms with E-state index in [1.54, 1.807) is 0 Å². The van der Waals surface area contributed by atoms with Gasteiger partial charge in [0.05, 0.1) is 4.47 Å². The van der Waals surface area contributed by atoms with Crippen molar-refractivity contribution in [1.29, 1.82) is 0 Å². The molecule has 0 spiro atoms. The fourth-order valence-electron chi connectivity index (χ4n) is 3.32. The van der Waals surface area contributed by atoms with Crippen LogP contribution in [0.2, 0.25) is 0 Å². The van der Waals surface area contributed by atoms with E-state index in [9.17, 15) is 0 Å². The summed E-state index contributed by atoms with van der Waals surface area (Å²) in [7, 11) is 0. The average molecular weight is 371 g/mol. The molecule has 2 nitrogen and oxygen atoms in total. The van der Waals surface area contributed by atoms with Crippen molar-refractivity contribution >= 4 is 28.1 Å². The van der Waals surface area contributed by atoms with Crippen LogP contribution in [0.25, 0.3) is 0 Å². The van der Waals surface area contributed by atoms with Gasteiger partial charge < -0.3 is 4.98 Å². The zero-order valence-corrected chi connectivity index (χ0v) is 16.0. The molecule has 1 fully saturated rings. The van der Waals surface area contributed by atoms with Gasteiger partial charge >= 0.3 is 0 Å². The monoisotopic (exact) mass is 370 g/mol. The molecule has 0 radical (unpaired) electrons. The minimum absolute atomic E-state index is 0.0451. The molecule has 1 aromatic rings. The van der Waals surface area contributed by atoms with Gasteiger partial charge in [-0.2, -0.15) is 0 Å². The fourth-order valence-corrected chi connectivity index (χ4v) is 4.30. The van der Waals surface area contributed by atoms with Crippen LogP contribution in [0.3, 0.4) is 0 Å². The molecule has 0 saturated heterocycles. The van der Waals surface area contributed by atoms with Crippen molar-refractivity contribution in [3.8, 4) is 0 Å². The zero-order chi connectivity index (χ0) is 15.6. The van der Waals surface area contributed by atoms with Crippen LogP contribution in [-0.4, -0.2) is 9.97 Å². The molecule has 1 aliphatic rings. The summed E-state index contributed by atoms with van der Waals surface area (Å²) in [5, 5.41) is 0. The van der Waals surface area contributed by atoms with Gasteiger partial charge in [0.25, 0.3) is 0 Å². The van der Waals surface area contributed by atoms with Crippen LogP contribution in [0, 0.1) is 10.6 Å². The molecule has 0 bridgehead atoms. The third kappa shape index (κ3) is 4.16. The Morgan fingerprint density at radius 1 is 1.24 bits per heavy atom. The van der Waals surface area contributed by atoms with E-state index in [1.165, 1.54) is 44.2 Å². The van der Waals surface area contributed by atoms with Crippen molar-refractivity contribution in [2.45, 2.75) is 77.6 Å². The number of nitrogens with one attached hydrogen (secondary N) is 1. The van der Waals surface area contributed by atoms with Crippen molar-refractivity contribution < 1.29 is 0 Å². The van der Waals surface area contributed by atoms with E-state index in [1.807, 2.05) is 0 Å². The van der Waals surface area contributed by atoms with Crippen LogP contribution in [0.5, 0.6) is 0 Å². The number of rotatable bonds is 3. The van der Waals surface area contributed by atoms with Gasteiger partial charge in [-0.05, 0) is 47.5 Å². The summed E-state index contributed by atoms with van der Waals surface area (Å²) >= 11 is 9.06. The summed E-state index contributed by atoms with van der Waals surface area (Å²) in [6.07, 6.45) is 7.85. The zero-order valence-electron chi connectivity index (χ0n) is 13.6. The Morgan fingerprint density at radius 2 is 1.86 bits per heavy atom. The van der Waals surface area contributed by atoms with Crippen LogP contribution in [0.15, 0.2) is 4.47 Å². The predicted octanol–water partition coefficient (Wildman–Crippen LogP) is 6.27. The Balaban J connectivity index is 2.22. The van der Waals surface area contributed by atoms with E-state index < -0.39 is 0 Å². The molecule has 0 aromatic carbocycles. The molecule has 1 heterocycles. The quantitative estimate of drug-likeness (QED) is 0.634. The lowest BCUT2D eigenvalue weighted by molar-refractivity contribution is 0.301.